The second-order valence-electron chi connectivity index (χ2n) is 6.53. The van der Waals surface area contributed by atoms with Crippen molar-refractivity contribution in [1.29, 1.82) is 0 Å². The fraction of sp³-hybridized carbons (Fsp3) is 0.500. The van der Waals surface area contributed by atoms with Crippen LogP contribution in [0.5, 0.6) is 0 Å². The van der Waals surface area contributed by atoms with Crippen molar-refractivity contribution in [3.05, 3.63) is 18.6 Å². The molecule has 2 aromatic heterocycles. The molecular weight excluding hydrogens is 400 g/mol. The SMILES string of the molecule is CSC[C@H]1O[C@@H](n2ccc3c(NC(C)=O)ncnc32)[C@H](OC(C)=O)[C@@H]1OC(C)=O. The number of aromatic nitrogens is 3. The van der Waals surface area contributed by atoms with Gasteiger partial charge in [-0.15, -0.1) is 0 Å². The minimum absolute atomic E-state index is 0.261. The third-order valence-corrected chi connectivity index (χ3v) is 4.96. The predicted octanol–water partition coefficient (Wildman–Crippen LogP) is 1.51. The van der Waals surface area contributed by atoms with Crippen molar-refractivity contribution in [1.82, 2.24) is 14.5 Å². The lowest BCUT2D eigenvalue weighted by Crippen LogP contribution is -2.39. The van der Waals surface area contributed by atoms with Crippen LogP contribution in [0, 0.1) is 0 Å². The first-order chi connectivity index (χ1) is 13.8. The molecule has 10 nitrogen and oxygen atoms in total. The van der Waals surface area contributed by atoms with E-state index in [1.54, 1.807) is 16.8 Å². The van der Waals surface area contributed by atoms with E-state index in [1.165, 1.54) is 38.9 Å². The Kier molecular flexibility index (Phi) is 6.38. The summed E-state index contributed by atoms with van der Waals surface area (Å²) >= 11 is 1.52. The largest absolute Gasteiger partial charge is 0.456 e. The summed E-state index contributed by atoms with van der Waals surface area (Å²) in [4.78, 5) is 43.2. The zero-order valence-electron chi connectivity index (χ0n) is 16.4. The topological polar surface area (TPSA) is 122 Å². The first kappa shape index (κ1) is 21.1. The van der Waals surface area contributed by atoms with Crippen LogP contribution in [0.25, 0.3) is 11.0 Å². The number of amides is 1. The Bertz CT molecular complexity index is 932. The summed E-state index contributed by atoms with van der Waals surface area (Å²) in [6, 6.07) is 1.73. The Morgan fingerprint density at radius 1 is 1.17 bits per heavy atom. The van der Waals surface area contributed by atoms with E-state index in [4.69, 9.17) is 14.2 Å². The minimum Gasteiger partial charge on any atom is -0.456 e. The molecule has 0 saturated carbocycles. The molecule has 1 aliphatic rings. The molecule has 1 fully saturated rings. The van der Waals surface area contributed by atoms with Gasteiger partial charge in [0.05, 0.1) is 5.39 Å². The molecule has 11 heteroatoms. The number of esters is 2. The maximum atomic E-state index is 11.7. The van der Waals surface area contributed by atoms with Gasteiger partial charge in [0.15, 0.2) is 18.4 Å². The fourth-order valence-electron chi connectivity index (χ4n) is 3.32. The number of hydrogen-bond acceptors (Lipinski definition) is 9. The van der Waals surface area contributed by atoms with Crippen LogP contribution in [0.4, 0.5) is 5.82 Å². The van der Waals surface area contributed by atoms with Gasteiger partial charge in [-0.1, -0.05) is 0 Å². The molecule has 4 atom stereocenters. The highest BCUT2D eigenvalue weighted by Crippen LogP contribution is 2.37. The molecular formula is C18H22N4O6S. The van der Waals surface area contributed by atoms with E-state index in [1.807, 2.05) is 6.26 Å². The lowest BCUT2D eigenvalue weighted by atomic mass is 10.1. The van der Waals surface area contributed by atoms with Gasteiger partial charge in [0.2, 0.25) is 5.91 Å². The number of carbonyl (C=O) groups is 3. The van der Waals surface area contributed by atoms with Gasteiger partial charge < -0.3 is 24.1 Å². The van der Waals surface area contributed by atoms with Crippen molar-refractivity contribution in [3.8, 4) is 0 Å². The third kappa shape index (κ3) is 4.51. The molecule has 1 N–H and O–H groups in total. The van der Waals surface area contributed by atoms with E-state index in [0.29, 0.717) is 22.6 Å². The van der Waals surface area contributed by atoms with Crippen LogP contribution in [-0.2, 0) is 28.6 Å². The molecule has 3 rings (SSSR count). The lowest BCUT2D eigenvalue weighted by Gasteiger charge is -2.24. The van der Waals surface area contributed by atoms with Crippen LogP contribution in [0.1, 0.15) is 27.0 Å². The zero-order valence-corrected chi connectivity index (χ0v) is 17.3. The molecule has 1 aliphatic heterocycles. The van der Waals surface area contributed by atoms with Crippen molar-refractivity contribution < 1.29 is 28.6 Å². The highest BCUT2D eigenvalue weighted by Gasteiger charge is 2.50. The average molecular weight is 422 g/mol. The summed E-state index contributed by atoms with van der Waals surface area (Å²) in [5.41, 5.74) is 0.484. The summed E-state index contributed by atoms with van der Waals surface area (Å²) in [5, 5.41) is 3.26. The molecule has 0 bridgehead atoms. The van der Waals surface area contributed by atoms with E-state index in [0.717, 1.165) is 0 Å². The van der Waals surface area contributed by atoms with Gasteiger partial charge in [-0.2, -0.15) is 11.8 Å². The van der Waals surface area contributed by atoms with Gasteiger partial charge in [-0.3, -0.25) is 14.4 Å². The predicted molar refractivity (Wildman–Crippen MR) is 105 cm³/mol. The van der Waals surface area contributed by atoms with Gasteiger partial charge in [-0.05, 0) is 12.3 Å². The molecule has 29 heavy (non-hydrogen) atoms. The van der Waals surface area contributed by atoms with Crippen molar-refractivity contribution in [3.63, 3.8) is 0 Å². The van der Waals surface area contributed by atoms with Crippen molar-refractivity contribution in [2.24, 2.45) is 0 Å². The van der Waals surface area contributed by atoms with E-state index < -0.39 is 36.5 Å². The number of rotatable bonds is 6. The van der Waals surface area contributed by atoms with Gasteiger partial charge in [0.1, 0.15) is 23.9 Å². The minimum atomic E-state index is -0.858. The molecule has 3 heterocycles. The van der Waals surface area contributed by atoms with E-state index in [-0.39, 0.29) is 5.91 Å². The number of anilines is 1. The first-order valence-electron chi connectivity index (χ1n) is 8.89. The van der Waals surface area contributed by atoms with Crippen molar-refractivity contribution in [2.45, 2.75) is 45.3 Å². The Morgan fingerprint density at radius 2 is 1.86 bits per heavy atom. The summed E-state index contributed by atoms with van der Waals surface area (Å²) in [6.45, 7) is 3.97. The molecule has 156 valence electrons. The summed E-state index contributed by atoms with van der Waals surface area (Å²) in [7, 11) is 0. The lowest BCUT2D eigenvalue weighted by molar-refractivity contribution is -0.165. The molecule has 0 aromatic carbocycles. The molecule has 0 spiro atoms. The number of carbonyl (C=O) groups excluding carboxylic acids is 3. The summed E-state index contributed by atoms with van der Waals surface area (Å²) in [5.74, 6) is -0.369. The number of fused-ring (bicyclic) bond motifs is 1. The van der Waals surface area contributed by atoms with Crippen molar-refractivity contribution in [2.75, 3.05) is 17.3 Å². The number of nitrogens with zero attached hydrogens (tertiary/aromatic N) is 3. The highest BCUT2D eigenvalue weighted by molar-refractivity contribution is 7.98. The Labute approximate surface area is 171 Å². The monoisotopic (exact) mass is 422 g/mol. The van der Waals surface area contributed by atoms with Crippen molar-refractivity contribution >= 4 is 46.5 Å². The van der Waals surface area contributed by atoms with E-state index >= 15 is 0 Å². The normalized spacial score (nSPS) is 23.7. The fourth-order valence-corrected chi connectivity index (χ4v) is 3.92. The second-order valence-corrected chi connectivity index (χ2v) is 7.44. The van der Waals surface area contributed by atoms with Crippen LogP contribution < -0.4 is 5.32 Å². The summed E-state index contributed by atoms with van der Waals surface area (Å²) < 4.78 is 18.8. The van der Waals surface area contributed by atoms with Gasteiger partial charge in [-0.25, -0.2) is 9.97 Å². The highest BCUT2D eigenvalue weighted by atomic mass is 32.2. The number of hydrogen-bond donors (Lipinski definition) is 1. The van der Waals surface area contributed by atoms with Crippen LogP contribution in [0.3, 0.4) is 0 Å². The second kappa shape index (κ2) is 8.78. The van der Waals surface area contributed by atoms with Gasteiger partial charge in [0, 0.05) is 32.7 Å². The van der Waals surface area contributed by atoms with E-state index in [9.17, 15) is 14.4 Å². The van der Waals surface area contributed by atoms with Gasteiger partial charge in [0.25, 0.3) is 0 Å². The number of ether oxygens (including phenoxy) is 3. The molecule has 0 aliphatic carbocycles. The maximum Gasteiger partial charge on any atom is 0.303 e. The smallest absolute Gasteiger partial charge is 0.303 e. The molecule has 1 saturated heterocycles. The molecule has 1 amide bonds. The molecule has 2 aromatic rings. The first-order valence-corrected chi connectivity index (χ1v) is 10.3. The Balaban J connectivity index is 2.04. The Hall–Kier alpha value is -2.66. The standard InChI is InChI=1S/C18H22N4O6S/c1-9(23)21-16-12-5-6-22(17(12)20-8-19-16)18-15(27-11(3)25)14(26-10(2)24)13(28-18)7-29-4/h5-6,8,13-15,18H,7H2,1-4H3,(H,19,20,21,23)/t13-,14-,15-,18-/m1/s1. The quantitative estimate of drug-likeness (QED) is 0.690. The Morgan fingerprint density at radius 3 is 2.48 bits per heavy atom. The molecule has 0 unspecified atom stereocenters. The average Bonchev–Trinajstić information content (AvgIpc) is 3.18. The number of nitrogens with one attached hydrogen (secondary N) is 1. The molecule has 0 radical (unpaired) electrons. The number of thioether (sulfide) groups is 1. The summed E-state index contributed by atoms with van der Waals surface area (Å²) in [6.07, 6.45) is 2.07. The van der Waals surface area contributed by atoms with Gasteiger partial charge >= 0.3 is 11.9 Å². The maximum absolute atomic E-state index is 11.7. The third-order valence-electron chi connectivity index (χ3n) is 4.30. The van der Waals surface area contributed by atoms with E-state index in [2.05, 4.69) is 15.3 Å². The van der Waals surface area contributed by atoms with Crippen LogP contribution in [0.15, 0.2) is 18.6 Å². The van der Waals surface area contributed by atoms with Crippen LogP contribution >= 0.6 is 11.8 Å². The van der Waals surface area contributed by atoms with Crippen LogP contribution in [0.2, 0.25) is 0 Å². The zero-order chi connectivity index (χ0) is 21.1. The van der Waals surface area contributed by atoms with Crippen LogP contribution in [-0.4, -0.2) is 62.7 Å².